The minimum atomic E-state index is 0.0482. The molecule has 1 saturated heterocycles. The van der Waals surface area contributed by atoms with Gasteiger partial charge in [0.05, 0.1) is 12.5 Å². The van der Waals surface area contributed by atoms with Gasteiger partial charge in [-0.25, -0.2) is 0 Å². The molecule has 138 valence electrons. The first-order chi connectivity index (χ1) is 13.3. The summed E-state index contributed by atoms with van der Waals surface area (Å²) in [7, 11) is 0. The molecule has 0 atom stereocenters. The number of nitrogens with one attached hydrogen (secondary N) is 1. The highest BCUT2D eigenvalue weighted by molar-refractivity contribution is 5.78. The maximum atomic E-state index is 12.5. The van der Waals surface area contributed by atoms with Crippen LogP contribution in [-0.4, -0.2) is 62.5 Å². The van der Waals surface area contributed by atoms with Gasteiger partial charge in [-0.15, -0.1) is 10.2 Å². The van der Waals surface area contributed by atoms with E-state index in [1.165, 1.54) is 11.1 Å². The van der Waals surface area contributed by atoms with Gasteiger partial charge in [-0.1, -0.05) is 65.9 Å². The molecule has 1 aliphatic rings. The SMILES string of the molecule is O=C(Cc1nn[nH]n1)N1CCN(C(c2ccccc2)c2ccccc2)CC1. The van der Waals surface area contributed by atoms with Crippen molar-refractivity contribution in [3.8, 4) is 0 Å². The summed E-state index contributed by atoms with van der Waals surface area (Å²) in [4.78, 5) is 16.8. The summed E-state index contributed by atoms with van der Waals surface area (Å²) in [6.07, 6.45) is 0.192. The molecule has 0 unspecified atom stereocenters. The Hall–Kier alpha value is -3.06. The van der Waals surface area contributed by atoms with Gasteiger partial charge in [0.25, 0.3) is 0 Å². The Morgan fingerprint density at radius 3 is 2.04 bits per heavy atom. The molecule has 0 spiro atoms. The van der Waals surface area contributed by atoms with Crippen molar-refractivity contribution in [2.45, 2.75) is 12.5 Å². The molecule has 0 bridgehead atoms. The van der Waals surface area contributed by atoms with E-state index in [9.17, 15) is 4.79 Å². The van der Waals surface area contributed by atoms with Gasteiger partial charge in [0.2, 0.25) is 5.91 Å². The van der Waals surface area contributed by atoms with Gasteiger partial charge < -0.3 is 4.90 Å². The van der Waals surface area contributed by atoms with Crippen molar-refractivity contribution in [1.29, 1.82) is 0 Å². The summed E-state index contributed by atoms with van der Waals surface area (Å²) in [5, 5.41) is 13.6. The number of H-pyrrole nitrogens is 1. The maximum absolute atomic E-state index is 12.5. The molecular formula is C20H22N6O. The van der Waals surface area contributed by atoms with Crippen LogP contribution < -0.4 is 0 Å². The first-order valence-corrected chi connectivity index (χ1v) is 9.15. The highest BCUT2D eigenvalue weighted by Gasteiger charge is 2.28. The molecule has 0 aliphatic carbocycles. The Labute approximate surface area is 158 Å². The molecule has 0 radical (unpaired) electrons. The number of hydrogen-bond acceptors (Lipinski definition) is 5. The zero-order valence-electron chi connectivity index (χ0n) is 15.0. The molecule has 1 N–H and O–H groups in total. The molecule has 27 heavy (non-hydrogen) atoms. The predicted molar refractivity (Wildman–Crippen MR) is 101 cm³/mol. The van der Waals surface area contributed by atoms with E-state index in [0.717, 1.165) is 13.1 Å². The third-order valence-electron chi connectivity index (χ3n) is 4.96. The second-order valence-corrected chi connectivity index (χ2v) is 6.65. The molecule has 2 heterocycles. The number of aromatic nitrogens is 4. The number of carbonyl (C=O) groups is 1. The van der Waals surface area contributed by atoms with E-state index in [4.69, 9.17) is 0 Å². The largest absolute Gasteiger partial charge is 0.340 e. The molecule has 0 saturated carbocycles. The predicted octanol–water partition coefficient (Wildman–Crippen LogP) is 1.68. The van der Waals surface area contributed by atoms with Crippen LogP contribution in [0.25, 0.3) is 0 Å². The Morgan fingerprint density at radius 1 is 0.926 bits per heavy atom. The van der Waals surface area contributed by atoms with E-state index < -0.39 is 0 Å². The lowest BCUT2D eigenvalue weighted by atomic mass is 9.96. The number of hydrogen-bond donors (Lipinski definition) is 1. The number of carbonyl (C=O) groups excluding carboxylic acids is 1. The monoisotopic (exact) mass is 362 g/mol. The second kappa shape index (κ2) is 8.09. The molecule has 1 aromatic heterocycles. The van der Waals surface area contributed by atoms with Gasteiger partial charge in [-0.3, -0.25) is 9.69 Å². The summed E-state index contributed by atoms with van der Waals surface area (Å²) in [5.41, 5.74) is 2.55. The minimum Gasteiger partial charge on any atom is -0.340 e. The van der Waals surface area contributed by atoms with Gasteiger partial charge in [-0.2, -0.15) is 5.21 Å². The smallest absolute Gasteiger partial charge is 0.230 e. The average molecular weight is 362 g/mol. The average Bonchev–Trinajstić information content (AvgIpc) is 3.23. The summed E-state index contributed by atoms with van der Waals surface area (Å²) in [6.45, 7) is 3.05. The number of benzene rings is 2. The zero-order chi connectivity index (χ0) is 18.5. The standard InChI is InChI=1S/C20H22N6O/c27-19(15-18-21-23-24-22-18)25-11-13-26(14-12-25)20(16-7-3-1-4-8-16)17-9-5-2-6-10-17/h1-10,20H,11-15H2,(H,21,22,23,24). The van der Waals surface area contributed by atoms with Crippen molar-refractivity contribution in [3.05, 3.63) is 77.6 Å². The Morgan fingerprint density at radius 2 is 1.52 bits per heavy atom. The zero-order valence-corrected chi connectivity index (χ0v) is 15.0. The van der Waals surface area contributed by atoms with Crippen LogP contribution in [0.3, 0.4) is 0 Å². The van der Waals surface area contributed by atoms with Crippen molar-refractivity contribution in [3.63, 3.8) is 0 Å². The van der Waals surface area contributed by atoms with E-state index in [-0.39, 0.29) is 18.4 Å². The molecule has 7 nitrogen and oxygen atoms in total. The minimum absolute atomic E-state index is 0.0482. The van der Waals surface area contributed by atoms with Crippen molar-refractivity contribution < 1.29 is 4.79 Å². The number of tetrazole rings is 1. The topological polar surface area (TPSA) is 78.0 Å². The lowest BCUT2D eigenvalue weighted by Crippen LogP contribution is -2.50. The third kappa shape index (κ3) is 4.03. The first-order valence-electron chi connectivity index (χ1n) is 9.15. The Bertz CT molecular complexity index is 805. The van der Waals surface area contributed by atoms with Crippen LogP contribution >= 0.6 is 0 Å². The quantitative estimate of drug-likeness (QED) is 0.747. The molecule has 1 amide bonds. The van der Waals surface area contributed by atoms with Crippen LogP contribution in [0.4, 0.5) is 0 Å². The van der Waals surface area contributed by atoms with Crippen LogP contribution in [0.15, 0.2) is 60.7 Å². The Balaban J connectivity index is 1.46. The molecular weight excluding hydrogens is 340 g/mol. The van der Waals surface area contributed by atoms with Crippen LogP contribution in [-0.2, 0) is 11.2 Å². The number of rotatable bonds is 5. The molecule has 7 heteroatoms. The molecule has 3 aromatic rings. The van der Waals surface area contributed by atoms with E-state index in [2.05, 4.69) is 74.1 Å². The molecule has 2 aromatic carbocycles. The highest BCUT2D eigenvalue weighted by Crippen LogP contribution is 2.29. The summed E-state index contributed by atoms with van der Waals surface area (Å²) >= 11 is 0. The van der Waals surface area contributed by atoms with Crippen LogP contribution in [0.1, 0.15) is 23.0 Å². The number of aromatic amines is 1. The van der Waals surface area contributed by atoms with Gasteiger partial charge >= 0.3 is 0 Å². The van der Waals surface area contributed by atoms with Crippen molar-refractivity contribution in [2.75, 3.05) is 26.2 Å². The van der Waals surface area contributed by atoms with Crippen LogP contribution in [0.2, 0.25) is 0 Å². The van der Waals surface area contributed by atoms with E-state index in [1.54, 1.807) is 0 Å². The van der Waals surface area contributed by atoms with E-state index >= 15 is 0 Å². The second-order valence-electron chi connectivity index (χ2n) is 6.65. The molecule has 1 aliphatic heterocycles. The van der Waals surface area contributed by atoms with Gasteiger partial charge in [-0.05, 0) is 11.1 Å². The van der Waals surface area contributed by atoms with Gasteiger partial charge in [0.1, 0.15) is 0 Å². The van der Waals surface area contributed by atoms with Gasteiger partial charge in [0.15, 0.2) is 5.82 Å². The normalized spacial score (nSPS) is 15.2. The van der Waals surface area contributed by atoms with Crippen molar-refractivity contribution in [2.24, 2.45) is 0 Å². The van der Waals surface area contributed by atoms with Crippen molar-refractivity contribution >= 4 is 5.91 Å². The van der Waals surface area contributed by atoms with Crippen LogP contribution in [0.5, 0.6) is 0 Å². The lowest BCUT2D eigenvalue weighted by Gasteiger charge is -2.39. The molecule has 1 fully saturated rings. The number of amides is 1. The van der Waals surface area contributed by atoms with Crippen LogP contribution in [0, 0.1) is 0 Å². The third-order valence-corrected chi connectivity index (χ3v) is 4.96. The lowest BCUT2D eigenvalue weighted by molar-refractivity contribution is -0.132. The van der Waals surface area contributed by atoms with Crippen molar-refractivity contribution in [1.82, 2.24) is 30.4 Å². The fourth-order valence-corrected chi connectivity index (χ4v) is 3.62. The molecule has 4 rings (SSSR count). The summed E-state index contributed by atoms with van der Waals surface area (Å²) in [5.74, 6) is 0.487. The summed E-state index contributed by atoms with van der Waals surface area (Å²) in [6, 6.07) is 21.3. The fraction of sp³-hybridized carbons (Fsp3) is 0.300. The maximum Gasteiger partial charge on any atom is 0.230 e. The van der Waals surface area contributed by atoms with E-state index in [0.29, 0.717) is 18.9 Å². The highest BCUT2D eigenvalue weighted by atomic mass is 16.2. The van der Waals surface area contributed by atoms with E-state index in [1.807, 2.05) is 17.0 Å². The number of piperazine rings is 1. The van der Waals surface area contributed by atoms with Gasteiger partial charge in [0, 0.05) is 26.2 Å². The fourth-order valence-electron chi connectivity index (χ4n) is 3.62. The first kappa shape index (κ1) is 17.4. The number of nitrogens with zero attached hydrogens (tertiary/aromatic N) is 5. The summed E-state index contributed by atoms with van der Waals surface area (Å²) < 4.78 is 0. The Kier molecular flexibility index (Phi) is 5.20.